The summed E-state index contributed by atoms with van der Waals surface area (Å²) in [6.45, 7) is 8.08. The molecule has 1 fully saturated rings. The van der Waals surface area contributed by atoms with Crippen LogP contribution in [0.15, 0.2) is 54.7 Å². The molecule has 1 saturated heterocycles. The fourth-order valence-electron chi connectivity index (χ4n) is 5.16. The Morgan fingerprint density at radius 1 is 1.05 bits per heavy atom. The summed E-state index contributed by atoms with van der Waals surface area (Å²) in [5, 5.41) is 34.1. The number of nitrogens with one attached hydrogen (secondary N) is 1. The normalized spacial score (nSPS) is 13.9. The Labute approximate surface area is 226 Å². The summed E-state index contributed by atoms with van der Waals surface area (Å²) in [6, 6.07) is 14.3. The van der Waals surface area contributed by atoms with E-state index in [0.29, 0.717) is 29.1 Å². The van der Waals surface area contributed by atoms with Crippen LogP contribution in [0.2, 0.25) is 0 Å². The van der Waals surface area contributed by atoms with Crippen LogP contribution in [0.5, 0.6) is 5.75 Å². The molecule has 0 saturated carbocycles. The van der Waals surface area contributed by atoms with Gasteiger partial charge >= 0.3 is 0 Å². The molecular weight excluding hydrogens is 498 g/mol. The third kappa shape index (κ3) is 5.56. The number of hydrogen-bond acceptors (Lipinski definition) is 6. The van der Waals surface area contributed by atoms with Gasteiger partial charge in [0.2, 0.25) is 0 Å². The highest BCUT2D eigenvalue weighted by atomic mass is 19.1. The topological polar surface area (TPSA) is 92.4 Å². The minimum Gasteiger partial charge on any atom is -0.506 e. The predicted molar refractivity (Wildman–Crippen MR) is 149 cm³/mol. The van der Waals surface area contributed by atoms with Gasteiger partial charge in [0, 0.05) is 54.8 Å². The Hall–Kier alpha value is -4.06. The van der Waals surface area contributed by atoms with Crippen molar-refractivity contribution in [2.75, 3.05) is 31.1 Å². The highest BCUT2D eigenvalue weighted by molar-refractivity contribution is 6.02. The van der Waals surface area contributed by atoms with E-state index in [9.17, 15) is 24.3 Å². The Balaban J connectivity index is 1.60. The Bertz CT molecular complexity index is 1580. The van der Waals surface area contributed by atoms with E-state index >= 15 is 0 Å². The first-order valence-corrected chi connectivity index (χ1v) is 12.8. The maximum absolute atomic E-state index is 14.4. The molecule has 1 aromatic heterocycles. The van der Waals surface area contributed by atoms with E-state index in [2.05, 4.69) is 15.2 Å². The van der Waals surface area contributed by atoms with Gasteiger partial charge in [-0.15, -0.1) is 0 Å². The maximum Gasteiger partial charge on any atom is 0.141 e. The number of fused-ring (bicyclic) bond motifs is 1. The van der Waals surface area contributed by atoms with E-state index in [1.165, 1.54) is 18.2 Å². The number of anilines is 1. The molecule has 2 heterocycles. The van der Waals surface area contributed by atoms with Crippen molar-refractivity contribution >= 4 is 16.6 Å². The van der Waals surface area contributed by atoms with Crippen molar-refractivity contribution in [2.45, 2.75) is 26.4 Å². The summed E-state index contributed by atoms with van der Waals surface area (Å²) in [5.41, 5.74) is 3.65. The zero-order valence-corrected chi connectivity index (χ0v) is 22.1. The monoisotopic (exact) mass is 528 g/mol. The second-order valence-corrected chi connectivity index (χ2v) is 10.9. The fraction of sp³-hybridized carbons (Fsp3) is 0.290. The van der Waals surface area contributed by atoms with Crippen LogP contribution in [0.25, 0.3) is 33.2 Å². The van der Waals surface area contributed by atoms with Crippen molar-refractivity contribution in [1.82, 2.24) is 10.3 Å². The molecule has 6 nitrogen and oxygen atoms in total. The molecule has 5 rings (SSSR count). The summed E-state index contributed by atoms with van der Waals surface area (Å²) < 4.78 is 28.7. The molecule has 8 heteroatoms. The average molecular weight is 529 g/mol. The Morgan fingerprint density at radius 2 is 1.79 bits per heavy atom. The highest BCUT2D eigenvalue weighted by Gasteiger charge is 2.31. The van der Waals surface area contributed by atoms with Gasteiger partial charge in [-0.3, -0.25) is 4.98 Å². The van der Waals surface area contributed by atoms with Crippen molar-refractivity contribution in [3.8, 4) is 34.1 Å². The van der Waals surface area contributed by atoms with E-state index in [1.807, 2.05) is 25.1 Å². The van der Waals surface area contributed by atoms with Crippen LogP contribution in [0.3, 0.4) is 0 Å². The molecule has 1 aliphatic rings. The van der Waals surface area contributed by atoms with Gasteiger partial charge < -0.3 is 20.4 Å². The predicted octanol–water partition coefficient (Wildman–Crippen LogP) is 5.53. The highest BCUT2D eigenvalue weighted by Crippen LogP contribution is 2.42. The number of hydrogen-bond donors (Lipinski definition) is 3. The molecular formula is C31H30F2N4O2. The van der Waals surface area contributed by atoms with Crippen LogP contribution in [0.1, 0.15) is 25.0 Å². The summed E-state index contributed by atoms with van der Waals surface area (Å²) >= 11 is 0. The Kier molecular flexibility index (Phi) is 6.98. The standard InChI is InChI=1S/C31H30F2N4O2/c1-18-6-21(8-23(32)7-18)27-14-36-28-5-4-20(25-11-24(33)9-22(12-34)30(25)38)10-26(28)29(27)37-15-19(16-37)13-35-17-31(2,3)39/h4-11,14,19,35,38-39H,13,15-17H2,1-3H3. The van der Waals surface area contributed by atoms with Crippen molar-refractivity contribution in [3.63, 3.8) is 0 Å². The molecule has 39 heavy (non-hydrogen) atoms. The number of aryl methyl sites for hydroxylation is 1. The average Bonchev–Trinajstić information content (AvgIpc) is 2.84. The van der Waals surface area contributed by atoms with E-state index in [4.69, 9.17) is 0 Å². The van der Waals surface area contributed by atoms with E-state index in [0.717, 1.165) is 47.9 Å². The van der Waals surface area contributed by atoms with Crippen molar-refractivity contribution in [3.05, 3.63) is 77.5 Å². The molecule has 0 radical (unpaired) electrons. The molecule has 3 N–H and O–H groups in total. The second kappa shape index (κ2) is 10.3. The van der Waals surface area contributed by atoms with Gasteiger partial charge in [0.05, 0.1) is 22.4 Å². The lowest BCUT2D eigenvalue weighted by atomic mass is 9.92. The smallest absolute Gasteiger partial charge is 0.141 e. The van der Waals surface area contributed by atoms with Crippen molar-refractivity contribution in [1.29, 1.82) is 5.26 Å². The molecule has 0 bridgehead atoms. The summed E-state index contributed by atoms with van der Waals surface area (Å²) in [4.78, 5) is 6.86. The number of pyridine rings is 1. The minimum atomic E-state index is -0.794. The second-order valence-electron chi connectivity index (χ2n) is 10.9. The minimum absolute atomic E-state index is 0.142. The number of benzene rings is 3. The fourth-order valence-corrected chi connectivity index (χ4v) is 5.16. The Morgan fingerprint density at radius 3 is 2.49 bits per heavy atom. The summed E-state index contributed by atoms with van der Waals surface area (Å²) in [5.74, 6) is -0.889. The van der Waals surface area contributed by atoms with Crippen LogP contribution in [0.4, 0.5) is 14.5 Å². The number of nitriles is 1. The number of aromatic hydroxyl groups is 1. The van der Waals surface area contributed by atoms with Crippen LogP contribution in [0, 0.1) is 35.8 Å². The lowest BCUT2D eigenvalue weighted by molar-refractivity contribution is 0.0783. The van der Waals surface area contributed by atoms with Gasteiger partial charge in [-0.1, -0.05) is 12.1 Å². The molecule has 200 valence electrons. The molecule has 0 amide bonds. The summed E-state index contributed by atoms with van der Waals surface area (Å²) in [7, 11) is 0. The maximum atomic E-state index is 14.4. The number of rotatable bonds is 7. The molecule has 4 aromatic rings. The zero-order valence-electron chi connectivity index (χ0n) is 22.1. The molecule has 0 unspecified atom stereocenters. The van der Waals surface area contributed by atoms with Crippen LogP contribution in [-0.4, -0.2) is 47.0 Å². The van der Waals surface area contributed by atoms with Gasteiger partial charge in [0.1, 0.15) is 23.5 Å². The van der Waals surface area contributed by atoms with E-state index in [-0.39, 0.29) is 22.7 Å². The number of phenolic OH excluding ortho intramolecular Hbond substituents is 1. The largest absolute Gasteiger partial charge is 0.506 e. The van der Waals surface area contributed by atoms with E-state index < -0.39 is 11.4 Å². The number of nitrogens with zero attached hydrogens (tertiary/aromatic N) is 3. The number of phenols is 1. The molecule has 1 aliphatic heterocycles. The lowest BCUT2D eigenvalue weighted by Gasteiger charge is -2.43. The molecule has 3 aromatic carbocycles. The van der Waals surface area contributed by atoms with Gasteiger partial charge in [-0.2, -0.15) is 5.26 Å². The van der Waals surface area contributed by atoms with Crippen LogP contribution >= 0.6 is 0 Å². The summed E-state index contributed by atoms with van der Waals surface area (Å²) in [6.07, 6.45) is 1.75. The third-order valence-corrected chi connectivity index (χ3v) is 6.96. The molecule has 0 spiro atoms. The lowest BCUT2D eigenvalue weighted by Crippen LogP contribution is -2.52. The number of aliphatic hydroxyl groups is 1. The van der Waals surface area contributed by atoms with Crippen molar-refractivity contribution in [2.24, 2.45) is 5.92 Å². The van der Waals surface area contributed by atoms with Gasteiger partial charge in [-0.05, 0) is 73.9 Å². The zero-order chi connectivity index (χ0) is 27.9. The first-order chi connectivity index (χ1) is 18.5. The van der Waals surface area contributed by atoms with Crippen LogP contribution < -0.4 is 10.2 Å². The SMILES string of the molecule is Cc1cc(F)cc(-c2cnc3ccc(-c4cc(F)cc(C#N)c4O)cc3c2N2CC(CNCC(C)(C)O)C2)c1. The van der Waals surface area contributed by atoms with Gasteiger partial charge in [0.25, 0.3) is 0 Å². The van der Waals surface area contributed by atoms with Crippen molar-refractivity contribution < 1.29 is 19.0 Å². The third-order valence-electron chi connectivity index (χ3n) is 6.96. The van der Waals surface area contributed by atoms with Gasteiger partial charge in [-0.25, -0.2) is 8.78 Å². The number of aromatic nitrogens is 1. The quantitative estimate of drug-likeness (QED) is 0.292. The van der Waals surface area contributed by atoms with Gasteiger partial charge in [0.15, 0.2) is 0 Å². The molecule has 0 atom stereocenters. The first kappa shape index (κ1) is 26.5. The number of halogens is 2. The van der Waals surface area contributed by atoms with E-state index in [1.54, 1.807) is 32.2 Å². The van der Waals surface area contributed by atoms with Crippen LogP contribution in [-0.2, 0) is 0 Å². The first-order valence-electron chi connectivity index (χ1n) is 12.8. The molecule has 0 aliphatic carbocycles.